The first-order chi connectivity index (χ1) is 13.1. The van der Waals surface area contributed by atoms with Crippen LogP contribution in [0.15, 0.2) is 23.2 Å². The number of hydrogen-bond acceptors (Lipinski definition) is 6. The number of aromatic nitrogens is 3. The van der Waals surface area contributed by atoms with Crippen molar-refractivity contribution in [2.45, 2.75) is 31.6 Å². The van der Waals surface area contributed by atoms with Gasteiger partial charge in [-0.2, -0.15) is 15.0 Å². The number of nitrogens with zero attached hydrogens (tertiary/aromatic N) is 5. The van der Waals surface area contributed by atoms with Crippen molar-refractivity contribution in [3.05, 3.63) is 29.6 Å². The van der Waals surface area contributed by atoms with Crippen LogP contribution in [0.25, 0.3) is 5.82 Å². The maximum absolute atomic E-state index is 13.5. The van der Waals surface area contributed by atoms with Gasteiger partial charge in [0.25, 0.3) is 6.43 Å². The molecular weight excluding hydrogens is 390 g/mol. The Labute approximate surface area is 161 Å². The van der Waals surface area contributed by atoms with Crippen LogP contribution in [0.3, 0.4) is 0 Å². The normalized spacial score (nSPS) is 20.4. The van der Waals surface area contributed by atoms with E-state index in [2.05, 4.69) is 23.9 Å². The van der Waals surface area contributed by atoms with Gasteiger partial charge in [-0.1, -0.05) is 13.8 Å². The summed E-state index contributed by atoms with van der Waals surface area (Å²) in [4.78, 5) is 5.68. The summed E-state index contributed by atoms with van der Waals surface area (Å²) in [6.45, 7) is 5.29. The highest BCUT2D eigenvalue weighted by atomic mass is 32.2. The van der Waals surface area contributed by atoms with Gasteiger partial charge in [0, 0.05) is 19.3 Å². The number of pyridine rings is 1. The Balaban J connectivity index is 2.16. The third-order valence-electron chi connectivity index (χ3n) is 4.64. The maximum Gasteiger partial charge on any atom is 0.283 e. The van der Waals surface area contributed by atoms with E-state index in [4.69, 9.17) is 5.14 Å². The Morgan fingerprint density at radius 3 is 2.39 bits per heavy atom. The number of rotatable bonds is 4. The molecule has 1 saturated heterocycles. The minimum absolute atomic E-state index is 0.122. The molecule has 3 heterocycles. The molecular formula is C17H20F2N6O2S. The van der Waals surface area contributed by atoms with Gasteiger partial charge in [0.15, 0.2) is 11.6 Å². The number of nitrogens with two attached hydrogens (primary N) is 1. The fourth-order valence-electron chi connectivity index (χ4n) is 3.64. The summed E-state index contributed by atoms with van der Waals surface area (Å²) in [5.74, 6) is 0.987. The highest BCUT2D eigenvalue weighted by Gasteiger charge is 2.32. The molecule has 0 aliphatic carbocycles. The lowest BCUT2D eigenvalue weighted by Crippen LogP contribution is -2.40. The van der Waals surface area contributed by atoms with Crippen molar-refractivity contribution in [1.82, 2.24) is 14.8 Å². The molecule has 0 spiro atoms. The monoisotopic (exact) mass is 410 g/mol. The predicted molar refractivity (Wildman–Crippen MR) is 97.6 cm³/mol. The molecule has 28 heavy (non-hydrogen) atoms. The molecule has 0 radical (unpaired) electrons. The number of hydrogen-bond donors (Lipinski definition) is 1. The zero-order valence-corrected chi connectivity index (χ0v) is 16.2. The lowest BCUT2D eigenvalue weighted by Gasteiger charge is -2.36. The molecule has 11 heteroatoms. The summed E-state index contributed by atoms with van der Waals surface area (Å²) in [5.41, 5.74) is -0.825. The van der Waals surface area contributed by atoms with Gasteiger partial charge in [-0.25, -0.2) is 27.3 Å². The van der Waals surface area contributed by atoms with E-state index >= 15 is 0 Å². The number of halogens is 2. The first kappa shape index (κ1) is 20.2. The fourth-order valence-corrected chi connectivity index (χ4v) is 4.10. The van der Waals surface area contributed by atoms with Crippen LogP contribution in [0.4, 0.5) is 14.6 Å². The molecule has 1 aliphatic heterocycles. The van der Waals surface area contributed by atoms with E-state index in [1.54, 1.807) is 0 Å². The topological polar surface area (TPSA) is 118 Å². The van der Waals surface area contributed by atoms with E-state index in [-0.39, 0.29) is 22.1 Å². The van der Waals surface area contributed by atoms with Crippen molar-refractivity contribution in [2.24, 2.45) is 17.0 Å². The summed E-state index contributed by atoms with van der Waals surface area (Å²) >= 11 is 0. The zero-order chi connectivity index (χ0) is 20.6. The molecule has 2 N–H and O–H groups in total. The minimum atomic E-state index is -3.94. The van der Waals surface area contributed by atoms with Crippen LogP contribution in [0, 0.1) is 23.2 Å². The van der Waals surface area contributed by atoms with Gasteiger partial charge in [-0.3, -0.25) is 0 Å². The zero-order valence-electron chi connectivity index (χ0n) is 15.4. The minimum Gasteiger partial charge on any atom is -0.355 e. The number of anilines is 1. The summed E-state index contributed by atoms with van der Waals surface area (Å²) in [5, 5.41) is 18.5. The van der Waals surface area contributed by atoms with Crippen LogP contribution in [0.2, 0.25) is 0 Å². The highest BCUT2D eigenvalue weighted by molar-refractivity contribution is 7.89. The van der Waals surface area contributed by atoms with Crippen LogP contribution in [-0.2, 0) is 10.0 Å². The van der Waals surface area contributed by atoms with Crippen LogP contribution < -0.4 is 10.0 Å². The van der Waals surface area contributed by atoms with E-state index in [1.165, 1.54) is 16.8 Å². The maximum atomic E-state index is 13.5. The Hall–Kier alpha value is -2.58. The Bertz CT molecular complexity index is 1000. The summed E-state index contributed by atoms with van der Waals surface area (Å²) in [6, 6.07) is 4.39. The number of primary sulfonamides is 1. The summed E-state index contributed by atoms with van der Waals surface area (Å²) in [7, 11) is -3.94. The van der Waals surface area contributed by atoms with Crippen LogP contribution >= 0.6 is 0 Å². The first-order valence-corrected chi connectivity index (χ1v) is 10.2. The molecule has 1 fully saturated rings. The van der Waals surface area contributed by atoms with Crippen molar-refractivity contribution in [1.29, 1.82) is 5.26 Å². The van der Waals surface area contributed by atoms with Gasteiger partial charge in [0.05, 0.1) is 0 Å². The predicted octanol–water partition coefficient (Wildman–Crippen LogP) is 2.21. The lowest BCUT2D eigenvalue weighted by atomic mass is 9.92. The van der Waals surface area contributed by atoms with Gasteiger partial charge in [0.2, 0.25) is 10.0 Å². The first-order valence-electron chi connectivity index (χ1n) is 8.67. The number of piperidine rings is 1. The number of alkyl halides is 2. The highest BCUT2D eigenvalue weighted by Crippen LogP contribution is 2.35. The fraction of sp³-hybridized carbons (Fsp3) is 0.471. The van der Waals surface area contributed by atoms with E-state index < -0.39 is 22.1 Å². The molecule has 2 aromatic rings. The Morgan fingerprint density at radius 1 is 1.29 bits per heavy atom. The van der Waals surface area contributed by atoms with Crippen molar-refractivity contribution in [3.8, 4) is 11.9 Å². The third-order valence-corrected chi connectivity index (χ3v) is 5.54. The molecule has 0 aromatic carbocycles. The van der Waals surface area contributed by atoms with Gasteiger partial charge < -0.3 is 4.90 Å². The van der Waals surface area contributed by atoms with Crippen molar-refractivity contribution < 1.29 is 17.2 Å². The Morgan fingerprint density at radius 2 is 1.93 bits per heavy atom. The van der Waals surface area contributed by atoms with Crippen molar-refractivity contribution in [3.63, 3.8) is 0 Å². The molecule has 0 amide bonds. The van der Waals surface area contributed by atoms with Gasteiger partial charge in [0.1, 0.15) is 22.2 Å². The molecule has 0 saturated carbocycles. The quantitative estimate of drug-likeness (QED) is 0.826. The van der Waals surface area contributed by atoms with Crippen molar-refractivity contribution in [2.75, 3.05) is 18.0 Å². The van der Waals surface area contributed by atoms with E-state index in [0.717, 1.165) is 12.6 Å². The third kappa shape index (κ3) is 3.83. The van der Waals surface area contributed by atoms with Crippen molar-refractivity contribution >= 4 is 15.8 Å². The van der Waals surface area contributed by atoms with Crippen LogP contribution in [-0.4, -0.2) is 36.3 Å². The molecule has 0 bridgehead atoms. The molecule has 0 unspecified atom stereocenters. The second-order valence-corrected chi connectivity index (χ2v) is 8.72. The standard InChI is InChI=1S/C17H20F2N6O2S/c1-10-5-11(2)9-24(8-10)17-13(6-20)15(16(18)19)23-25(17)14-4-3-12(7-22-14)28(21,26)27/h3-4,7,10-11,16H,5,8-9H2,1-2H3,(H2,21,26,27)/t10-,11+. The number of sulfonamides is 1. The molecule has 1 aliphatic rings. The van der Waals surface area contributed by atoms with Crippen LogP contribution in [0.1, 0.15) is 38.0 Å². The van der Waals surface area contributed by atoms with Crippen LogP contribution in [0.5, 0.6) is 0 Å². The molecule has 150 valence electrons. The van der Waals surface area contributed by atoms with Gasteiger partial charge >= 0.3 is 0 Å². The largest absolute Gasteiger partial charge is 0.355 e. The lowest BCUT2D eigenvalue weighted by molar-refractivity contribution is 0.145. The average molecular weight is 410 g/mol. The van der Waals surface area contributed by atoms with E-state index in [9.17, 15) is 22.5 Å². The van der Waals surface area contributed by atoms with Gasteiger partial charge in [-0.05, 0) is 30.4 Å². The van der Waals surface area contributed by atoms with Gasteiger partial charge in [-0.15, -0.1) is 0 Å². The molecule has 2 atom stereocenters. The average Bonchev–Trinajstić information content (AvgIpc) is 3.00. The van der Waals surface area contributed by atoms with E-state index in [1.807, 2.05) is 11.0 Å². The smallest absolute Gasteiger partial charge is 0.283 e. The summed E-state index contributed by atoms with van der Waals surface area (Å²) < 4.78 is 51.0. The molecule has 2 aromatic heterocycles. The molecule has 8 nitrogen and oxygen atoms in total. The SMILES string of the molecule is C[C@@H]1C[C@H](C)CN(c2c(C#N)c(C(F)F)nn2-c2ccc(S(N)(=O)=O)cn2)C1. The Kier molecular flexibility index (Phi) is 5.36. The second kappa shape index (κ2) is 7.44. The second-order valence-electron chi connectivity index (χ2n) is 7.16. The summed E-state index contributed by atoms with van der Waals surface area (Å²) in [6.07, 6.45) is -0.903. The van der Waals surface area contributed by atoms with E-state index in [0.29, 0.717) is 24.9 Å². The number of nitriles is 1. The molecule has 3 rings (SSSR count).